The first kappa shape index (κ1) is 9.47. The van der Waals surface area contributed by atoms with Gasteiger partial charge in [0.05, 0.1) is 0 Å². The number of aliphatic hydroxyl groups excluding tert-OH is 2. The Kier molecular flexibility index (Phi) is 2.37. The molecule has 0 bridgehead atoms. The van der Waals surface area contributed by atoms with Gasteiger partial charge in [-0.3, -0.25) is 0 Å². The normalized spacial score (nSPS) is 44.8. The average Bonchev–Trinajstić information content (AvgIpc) is 2.58. The predicted molar refractivity (Wildman–Crippen MR) is 51.4 cm³/mol. The Hall–Kier alpha value is -0.0800. The summed E-state index contributed by atoms with van der Waals surface area (Å²) >= 11 is 0. The first-order chi connectivity index (χ1) is 6.29. The average molecular weight is 184 g/mol. The van der Waals surface area contributed by atoms with Crippen molar-refractivity contribution in [3.05, 3.63) is 0 Å². The highest BCUT2D eigenvalue weighted by Gasteiger charge is 2.54. The van der Waals surface area contributed by atoms with Crippen LogP contribution in [0.4, 0.5) is 0 Å². The molecule has 76 valence electrons. The quantitative estimate of drug-likeness (QED) is 0.685. The maximum Gasteiger partial charge on any atom is 0.0493 e. The Balaban J connectivity index is 2.27. The molecule has 0 amide bonds. The Bertz CT molecular complexity index is 173. The molecular formula is C11H20O2. The summed E-state index contributed by atoms with van der Waals surface area (Å²) in [6, 6.07) is 0. The molecule has 2 fully saturated rings. The molecular weight excluding hydrogens is 164 g/mol. The van der Waals surface area contributed by atoms with Crippen LogP contribution in [-0.4, -0.2) is 23.4 Å². The monoisotopic (exact) mass is 184 g/mol. The molecule has 2 atom stereocenters. The highest BCUT2D eigenvalue weighted by atomic mass is 16.3. The van der Waals surface area contributed by atoms with Crippen molar-refractivity contribution in [1.29, 1.82) is 0 Å². The van der Waals surface area contributed by atoms with Crippen molar-refractivity contribution < 1.29 is 10.2 Å². The van der Waals surface area contributed by atoms with Crippen LogP contribution in [0.15, 0.2) is 0 Å². The van der Waals surface area contributed by atoms with E-state index in [4.69, 9.17) is 0 Å². The largest absolute Gasteiger partial charge is 0.396 e. The van der Waals surface area contributed by atoms with Gasteiger partial charge in [0, 0.05) is 24.0 Å². The minimum absolute atomic E-state index is 0.0833. The van der Waals surface area contributed by atoms with Gasteiger partial charge < -0.3 is 10.2 Å². The second-order valence-corrected chi connectivity index (χ2v) is 4.94. The summed E-state index contributed by atoms with van der Waals surface area (Å²) < 4.78 is 0. The molecule has 2 aliphatic carbocycles. The van der Waals surface area contributed by atoms with E-state index in [0.717, 1.165) is 25.7 Å². The van der Waals surface area contributed by atoms with Crippen LogP contribution >= 0.6 is 0 Å². The maximum absolute atomic E-state index is 9.54. The molecule has 0 aliphatic heterocycles. The second-order valence-electron chi connectivity index (χ2n) is 4.94. The molecule has 2 N–H and O–H groups in total. The molecule has 0 spiro atoms. The van der Waals surface area contributed by atoms with Gasteiger partial charge in [-0.15, -0.1) is 0 Å². The van der Waals surface area contributed by atoms with Crippen molar-refractivity contribution >= 4 is 0 Å². The summed E-state index contributed by atoms with van der Waals surface area (Å²) in [5.41, 5.74) is 0.167. The number of hydrogen-bond acceptors (Lipinski definition) is 2. The van der Waals surface area contributed by atoms with Crippen LogP contribution in [0.3, 0.4) is 0 Å². The SMILES string of the molecule is OC[C@@]12CCCC[C@]1(CO)CCC2. The molecule has 0 heterocycles. The van der Waals surface area contributed by atoms with Crippen molar-refractivity contribution in [2.45, 2.75) is 44.9 Å². The minimum atomic E-state index is 0.0833. The van der Waals surface area contributed by atoms with Crippen LogP contribution in [0, 0.1) is 10.8 Å². The lowest BCUT2D eigenvalue weighted by molar-refractivity contribution is -0.0638. The second kappa shape index (κ2) is 3.25. The van der Waals surface area contributed by atoms with E-state index in [1.807, 2.05) is 0 Å². The summed E-state index contributed by atoms with van der Waals surface area (Å²) in [4.78, 5) is 0. The zero-order valence-corrected chi connectivity index (χ0v) is 8.26. The summed E-state index contributed by atoms with van der Waals surface area (Å²) in [6.45, 7) is 0.571. The number of fused-ring (bicyclic) bond motifs is 1. The van der Waals surface area contributed by atoms with Gasteiger partial charge in [0.2, 0.25) is 0 Å². The van der Waals surface area contributed by atoms with Crippen molar-refractivity contribution in [1.82, 2.24) is 0 Å². The summed E-state index contributed by atoms with van der Waals surface area (Å²) in [5, 5.41) is 19.1. The molecule has 2 aliphatic rings. The molecule has 2 saturated carbocycles. The van der Waals surface area contributed by atoms with Gasteiger partial charge in [0.25, 0.3) is 0 Å². The molecule has 2 heteroatoms. The van der Waals surface area contributed by atoms with Crippen molar-refractivity contribution in [2.24, 2.45) is 10.8 Å². The first-order valence-electron chi connectivity index (χ1n) is 5.50. The smallest absolute Gasteiger partial charge is 0.0493 e. The summed E-state index contributed by atoms with van der Waals surface area (Å²) in [6.07, 6.45) is 8.19. The van der Waals surface area contributed by atoms with Crippen molar-refractivity contribution in [2.75, 3.05) is 13.2 Å². The van der Waals surface area contributed by atoms with Gasteiger partial charge in [-0.1, -0.05) is 19.3 Å². The number of rotatable bonds is 2. The van der Waals surface area contributed by atoms with E-state index in [-0.39, 0.29) is 24.0 Å². The fourth-order valence-corrected chi connectivity index (χ4v) is 3.65. The van der Waals surface area contributed by atoms with Gasteiger partial charge in [-0.25, -0.2) is 0 Å². The van der Waals surface area contributed by atoms with E-state index in [9.17, 15) is 10.2 Å². The molecule has 0 radical (unpaired) electrons. The standard InChI is InChI=1S/C11H20O2/c12-8-10-4-1-2-5-11(10,9-13)7-3-6-10/h12-13H,1-9H2/t10-,11+. The fraction of sp³-hybridized carbons (Fsp3) is 1.00. The van der Waals surface area contributed by atoms with E-state index >= 15 is 0 Å². The Labute approximate surface area is 80.0 Å². The highest BCUT2D eigenvalue weighted by molar-refractivity contribution is 5.04. The third kappa shape index (κ3) is 1.15. The lowest BCUT2D eigenvalue weighted by atomic mass is 9.58. The third-order valence-corrected chi connectivity index (χ3v) is 4.60. The number of aliphatic hydroxyl groups is 2. The number of hydrogen-bond donors (Lipinski definition) is 2. The zero-order valence-electron chi connectivity index (χ0n) is 8.26. The molecule has 0 saturated heterocycles. The minimum Gasteiger partial charge on any atom is -0.396 e. The van der Waals surface area contributed by atoms with Gasteiger partial charge >= 0.3 is 0 Å². The van der Waals surface area contributed by atoms with Gasteiger partial charge in [0.15, 0.2) is 0 Å². The van der Waals surface area contributed by atoms with Crippen LogP contribution in [0.1, 0.15) is 44.9 Å². The molecule has 0 aromatic carbocycles. The lowest BCUT2D eigenvalue weighted by Gasteiger charge is -2.48. The van der Waals surface area contributed by atoms with E-state index < -0.39 is 0 Å². The Morgan fingerprint density at radius 3 is 1.46 bits per heavy atom. The topological polar surface area (TPSA) is 40.5 Å². The molecule has 13 heavy (non-hydrogen) atoms. The Morgan fingerprint density at radius 1 is 0.692 bits per heavy atom. The lowest BCUT2D eigenvalue weighted by Crippen LogP contribution is -2.45. The van der Waals surface area contributed by atoms with Gasteiger partial charge in [-0.2, -0.15) is 0 Å². The highest BCUT2D eigenvalue weighted by Crippen LogP contribution is 2.60. The fourth-order valence-electron chi connectivity index (χ4n) is 3.65. The van der Waals surface area contributed by atoms with Gasteiger partial charge in [0.1, 0.15) is 0 Å². The van der Waals surface area contributed by atoms with E-state index in [1.165, 1.54) is 19.3 Å². The molecule has 2 nitrogen and oxygen atoms in total. The zero-order chi connectivity index (χ0) is 9.36. The van der Waals surface area contributed by atoms with Crippen LogP contribution < -0.4 is 0 Å². The van der Waals surface area contributed by atoms with Crippen LogP contribution in [0.25, 0.3) is 0 Å². The Morgan fingerprint density at radius 2 is 1.08 bits per heavy atom. The van der Waals surface area contributed by atoms with E-state index in [1.54, 1.807) is 0 Å². The van der Waals surface area contributed by atoms with Crippen molar-refractivity contribution in [3.63, 3.8) is 0 Å². The third-order valence-electron chi connectivity index (χ3n) is 4.60. The van der Waals surface area contributed by atoms with E-state index in [2.05, 4.69) is 0 Å². The predicted octanol–water partition coefficient (Wildman–Crippen LogP) is 1.70. The van der Waals surface area contributed by atoms with Crippen LogP contribution in [0.5, 0.6) is 0 Å². The maximum atomic E-state index is 9.54. The van der Waals surface area contributed by atoms with E-state index in [0.29, 0.717) is 0 Å². The van der Waals surface area contributed by atoms with Gasteiger partial charge in [-0.05, 0) is 25.7 Å². The summed E-state index contributed by atoms with van der Waals surface area (Å²) in [7, 11) is 0. The molecule has 0 aromatic rings. The molecule has 0 aromatic heterocycles. The molecule has 0 unspecified atom stereocenters. The first-order valence-corrected chi connectivity index (χ1v) is 5.50. The molecule has 2 rings (SSSR count). The van der Waals surface area contributed by atoms with Crippen molar-refractivity contribution in [3.8, 4) is 0 Å². The summed E-state index contributed by atoms with van der Waals surface area (Å²) in [5.74, 6) is 0. The van der Waals surface area contributed by atoms with Crippen LogP contribution in [0.2, 0.25) is 0 Å². The van der Waals surface area contributed by atoms with Crippen LogP contribution in [-0.2, 0) is 0 Å².